The van der Waals surface area contributed by atoms with Gasteiger partial charge in [0.1, 0.15) is 0 Å². The predicted octanol–water partition coefficient (Wildman–Crippen LogP) is 4.53. The summed E-state index contributed by atoms with van der Waals surface area (Å²) in [6, 6.07) is 8.31. The Bertz CT molecular complexity index is 341. The van der Waals surface area contributed by atoms with E-state index in [1.54, 1.807) is 0 Å². The minimum atomic E-state index is 0.677. The predicted molar refractivity (Wildman–Crippen MR) is 66.8 cm³/mol. The maximum atomic E-state index is 6.74. The zero-order chi connectivity index (χ0) is 11.3. The van der Waals surface area contributed by atoms with Crippen LogP contribution in [0.1, 0.15) is 25.0 Å². The van der Waals surface area contributed by atoms with Crippen LogP contribution in [0.15, 0.2) is 35.4 Å². The molecule has 0 spiro atoms. The molecule has 1 aromatic carbocycles. The molecule has 0 aliphatic heterocycles. The van der Waals surface area contributed by atoms with Crippen LogP contribution < -0.4 is 0 Å². The fraction of sp³-hybridized carbons (Fsp3) is 0.333. The van der Waals surface area contributed by atoms with Crippen LogP contribution in [0.3, 0.4) is 0 Å². The second-order valence-electron chi connectivity index (χ2n) is 3.90. The Balaban J connectivity index is 2.71. The molecule has 0 bridgehead atoms. The van der Waals surface area contributed by atoms with E-state index in [9.17, 15) is 0 Å². The molecular formula is C12H16N2S. The lowest BCUT2D eigenvalue weighted by Gasteiger charge is -2.06. The largest absolute Gasteiger partial charge is 0.197 e. The van der Waals surface area contributed by atoms with Crippen molar-refractivity contribution in [3.63, 3.8) is 0 Å². The Morgan fingerprint density at radius 3 is 2.47 bits per heavy atom. The van der Waals surface area contributed by atoms with E-state index in [0.29, 0.717) is 5.92 Å². The number of benzene rings is 1. The highest BCUT2D eigenvalue weighted by Gasteiger charge is 2.01. The third-order valence-corrected chi connectivity index (χ3v) is 2.62. The lowest BCUT2D eigenvalue weighted by molar-refractivity contribution is 0.647. The van der Waals surface area contributed by atoms with Crippen molar-refractivity contribution >= 4 is 16.9 Å². The van der Waals surface area contributed by atoms with Gasteiger partial charge >= 0.3 is 0 Å². The highest BCUT2D eigenvalue weighted by Crippen LogP contribution is 2.26. The third kappa shape index (κ3) is 3.88. The van der Waals surface area contributed by atoms with E-state index in [2.05, 4.69) is 37.1 Å². The summed E-state index contributed by atoms with van der Waals surface area (Å²) in [6.45, 7) is 8.27. The van der Waals surface area contributed by atoms with Crippen molar-refractivity contribution < 1.29 is 0 Å². The Morgan fingerprint density at radius 1 is 1.40 bits per heavy atom. The molecule has 1 aromatic rings. The number of nitrogens with zero attached hydrogens (tertiary/aromatic N) is 1. The van der Waals surface area contributed by atoms with Crippen molar-refractivity contribution in [3.8, 4) is 0 Å². The standard InChI is InChI=1S/C12H16N2S/c1-9(2)8-11-4-6-12(7-5-11)10(3)15-14-13/h4-7,9,13H,3,8H2,1-2H3. The number of hydrogen-bond donors (Lipinski definition) is 1. The van der Waals surface area contributed by atoms with E-state index >= 15 is 0 Å². The normalized spacial score (nSPS) is 10.3. The van der Waals surface area contributed by atoms with Crippen molar-refractivity contribution in [3.05, 3.63) is 42.0 Å². The van der Waals surface area contributed by atoms with Crippen LogP contribution in [0, 0.1) is 11.4 Å². The first-order valence-electron chi connectivity index (χ1n) is 4.95. The molecule has 0 fully saturated rings. The molecule has 0 aliphatic rings. The number of hydrogen-bond acceptors (Lipinski definition) is 3. The molecule has 3 heteroatoms. The molecule has 0 atom stereocenters. The van der Waals surface area contributed by atoms with Crippen molar-refractivity contribution in [2.24, 2.45) is 10.4 Å². The van der Waals surface area contributed by atoms with Gasteiger partial charge in [-0.15, -0.1) is 4.52 Å². The second-order valence-corrected chi connectivity index (χ2v) is 4.76. The van der Waals surface area contributed by atoms with Crippen LogP contribution in [-0.2, 0) is 6.42 Å². The smallest absolute Gasteiger partial charge is 0.0335 e. The summed E-state index contributed by atoms with van der Waals surface area (Å²) < 4.78 is 3.25. The summed E-state index contributed by atoms with van der Waals surface area (Å²) in [4.78, 5) is 0.820. The van der Waals surface area contributed by atoms with Crippen molar-refractivity contribution in [2.45, 2.75) is 20.3 Å². The molecule has 15 heavy (non-hydrogen) atoms. The zero-order valence-electron chi connectivity index (χ0n) is 9.16. The maximum absolute atomic E-state index is 6.74. The Kier molecular flexibility index (Phi) is 4.56. The van der Waals surface area contributed by atoms with E-state index in [1.165, 1.54) is 5.56 Å². The summed E-state index contributed by atoms with van der Waals surface area (Å²) in [6.07, 6.45) is 1.10. The Labute approximate surface area is 95.4 Å². The van der Waals surface area contributed by atoms with Gasteiger partial charge in [0.2, 0.25) is 0 Å². The average molecular weight is 220 g/mol. The number of nitrogens with one attached hydrogen (secondary N) is 1. The van der Waals surface area contributed by atoms with Gasteiger partial charge in [0, 0.05) is 16.9 Å². The van der Waals surface area contributed by atoms with Crippen LogP contribution in [0.2, 0.25) is 0 Å². The summed E-state index contributed by atoms with van der Waals surface area (Å²) in [5.41, 5.74) is 9.13. The van der Waals surface area contributed by atoms with E-state index < -0.39 is 0 Å². The third-order valence-electron chi connectivity index (χ3n) is 2.08. The summed E-state index contributed by atoms with van der Waals surface area (Å²) >= 11 is 1.10. The molecule has 2 nitrogen and oxygen atoms in total. The molecule has 0 amide bonds. The second kappa shape index (κ2) is 5.71. The van der Waals surface area contributed by atoms with E-state index in [1.807, 2.05) is 12.1 Å². The van der Waals surface area contributed by atoms with Crippen LogP contribution in [0.4, 0.5) is 0 Å². The van der Waals surface area contributed by atoms with Gasteiger partial charge in [0.15, 0.2) is 0 Å². The quantitative estimate of drug-likeness (QED) is 0.574. The molecule has 0 saturated heterocycles. The summed E-state index contributed by atoms with van der Waals surface area (Å²) in [5, 5.41) is 0. The molecule has 0 aromatic heterocycles. The van der Waals surface area contributed by atoms with Crippen LogP contribution in [0.5, 0.6) is 0 Å². The maximum Gasteiger partial charge on any atom is 0.0335 e. The summed E-state index contributed by atoms with van der Waals surface area (Å²) in [7, 11) is 0. The molecule has 1 rings (SSSR count). The fourth-order valence-electron chi connectivity index (χ4n) is 1.41. The van der Waals surface area contributed by atoms with E-state index in [0.717, 1.165) is 28.8 Å². The van der Waals surface area contributed by atoms with Crippen molar-refractivity contribution in [2.75, 3.05) is 0 Å². The minimum absolute atomic E-state index is 0.677. The van der Waals surface area contributed by atoms with Gasteiger partial charge in [-0.2, -0.15) is 5.53 Å². The van der Waals surface area contributed by atoms with Gasteiger partial charge in [0.05, 0.1) is 0 Å². The fourth-order valence-corrected chi connectivity index (χ4v) is 1.76. The molecular weight excluding hydrogens is 204 g/mol. The SMILES string of the molecule is C=C(SN=N)c1ccc(CC(C)C)cc1. The van der Waals surface area contributed by atoms with Gasteiger partial charge in [0.25, 0.3) is 0 Å². The molecule has 80 valence electrons. The molecule has 0 heterocycles. The topological polar surface area (TPSA) is 36.2 Å². The molecule has 0 radical (unpaired) electrons. The highest BCUT2D eigenvalue weighted by molar-refractivity contribution is 8.06. The zero-order valence-corrected chi connectivity index (χ0v) is 9.97. The lowest BCUT2D eigenvalue weighted by atomic mass is 10.0. The first-order valence-corrected chi connectivity index (χ1v) is 5.73. The number of rotatable bonds is 5. The molecule has 0 aliphatic carbocycles. The van der Waals surface area contributed by atoms with Crippen LogP contribution in [-0.4, -0.2) is 0 Å². The van der Waals surface area contributed by atoms with Gasteiger partial charge in [-0.3, -0.25) is 0 Å². The van der Waals surface area contributed by atoms with Crippen molar-refractivity contribution in [1.29, 1.82) is 5.53 Å². The van der Waals surface area contributed by atoms with Gasteiger partial charge < -0.3 is 0 Å². The van der Waals surface area contributed by atoms with Gasteiger partial charge in [-0.1, -0.05) is 44.7 Å². The highest BCUT2D eigenvalue weighted by atomic mass is 32.2. The summed E-state index contributed by atoms with van der Waals surface area (Å²) in [5.74, 6) is 0.677. The van der Waals surface area contributed by atoms with Gasteiger partial charge in [-0.05, 0) is 23.5 Å². The minimum Gasteiger partial charge on any atom is -0.197 e. The van der Waals surface area contributed by atoms with Gasteiger partial charge in [-0.25, -0.2) is 0 Å². The Morgan fingerprint density at radius 2 is 2.00 bits per heavy atom. The molecule has 0 unspecified atom stereocenters. The average Bonchev–Trinajstić information content (AvgIpc) is 2.18. The lowest BCUT2D eigenvalue weighted by Crippen LogP contribution is -1.93. The molecule has 0 saturated carbocycles. The van der Waals surface area contributed by atoms with E-state index in [4.69, 9.17) is 5.53 Å². The Hall–Kier alpha value is -1.09. The van der Waals surface area contributed by atoms with Crippen LogP contribution in [0.25, 0.3) is 4.91 Å². The van der Waals surface area contributed by atoms with Crippen molar-refractivity contribution in [1.82, 2.24) is 0 Å². The van der Waals surface area contributed by atoms with Crippen LogP contribution >= 0.6 is 11.9 Å². The molecule has 1 N–H and O–H groups in total. The first-order chi connectivity index (χ1) is 7.13. The van der Waals surface area contributed by atoms with E-state index in [-0.39, 0.29) is 0 Å². The monoisotopic (exact) mass is 220 g/mol. The first kappa shape index (κ1) is 12.0.